The third kappa shape index (κ3) is 5.87. The fourth-order valence-electron chi connectivity index (χ4n) is 2.75. The van der Waals surface area contributed by atoms with E-state index in [0.29, 0.717) is 18.9 Å². The minimum atomic E-state index is 0.145. The predicted molar refractivity (Wildman–Crippen MR) is 86.7 cm³/mol. The molecule has 1 amide bonds. The molecule has 0 radical (unpaired) electrons. The van der Waals surface area contributed by atoms with Crippen LogP contribution in [0.2, 0.25) is 0 Å². The van der Waals surface area contributed by atoms with Crippen LogP contribution in [0, 0.1) is 12.8 Å². The van der Waals surface area contributed by atoms with Crippen LogP contribution in [0.25, 0.3) is 0 Å². The number of carbonyl (C=O) groups is 1. The van der Waals surface area contributed by atoms with Crippen LogP contribution in [-0.4, -0.2) is 21.9 Å². The second kappa shape index (κ2) is 8.17. The quantitative estimate of drug-likeness (QED) is 0.894. The van der Waals surface area contributed by atoms with Gasteiger partial charge < -0.3 is 10.3 Å². The van der Waals surface area contributed by atoms with E-state index in [0.717, 1.165) is 24.5 Å². The maximum atomic E-state index is 12.0. The molecule has 1 heterocycles. The van der Waals surface area contributed by atoms with E-state index < -0.39 is 0 Å². The molecule has 1 aromatic heterocycles. The number of hydrogen-bond acceptors (Lipinski definition) is 3. The summed E-state index contributed by atoms with van der Waals surface area (Å²) in [6, 6.07) is 0.371. The zero-order chi connectivity index (χ0) is 15.1. The van der Waals surface area contributed by atoms with Crippen LogP contribution in [0.4, 0.5) is 0 Å². The summed E-state index contributed by atoms with van der Waals surface area (Å²) in [4.78, 5) is 20.7. The first kappa shape index (κ1) is 16.0. The third-order valence-corrected chi connectivity index (χ3v) is 4.60. The summed E-state index contributed by atoms with van der Waals surface area (Å²) in [6.45, 7) is 4.30. The number of nitrogens with one attached hydrogen (secondary N) is 2. The van der Waals surface area contributed by atoms with Gasteiger partial charge in [-0.05, 0) is 32.1 Å². The van der Waals surface area contributed by atoms with Gasteiger partial charge in [0.15, 0.2) is 0 Å². The Kier molecular flexibility index (Phi) is 6.23. The number of amides is 1. The molecule has 5 heteroatoms. The largest absolute Gasteiger partial charge is 0.365 e. The molecule has 0 bridgehead atoms. The van der Waals surface area contributed by atoms with Gasteiger partial charge in [-0.2, -0.15) is 0 Å². The van der Waals surface area contributed by atoms with E-state index in [4.69, 9.17) is 0 Å². The van der Waals surface area contributed by atoms with Gasteiger partial charge in [-0.25, -0.2) is 4.98 Å². The summed E-state index contributed by atoms with van der Waals surface area (Å²) in [5, 5.41) is 3.17. The average Bonchev–Trinajstić information content (AvgIpc) is 2.41. The topological polar surface area (TPSA) is 57.8 Å². The lowest BCUT2D eigenvalue weighted by atomic mass is 9.87. The lowest BCUT2D eigenvalue weighted by Gasteiger charge is -2.27. The summed E-state index contributed by atoms with van der Waals surface area (Å²) >= 11 is 1.58. The Balaban J connectivity index is 1.81. The Morgan fingerprint density at radius 2 is 2.33 bits per heavy atom. The van der Waals surface area contributed by atoms with Crippen molar-refractivity contribution in [1.82, 2.24) is 15.3 Å². The van der Waals surface area contributed by atoms with Crippen LogP contribution >= 0.6 is 11.3 Å². The van der Waals surface area contributed by atoms with Crippen molar-refractivity contribution in [3.8, 4) is 0 Å². The smallest absolute Gasteiger partial charge is 0.220 e. The van der Waals surface area contributed by atoms with Gasteiger partial charge in [0, 0.05) is 29.7 Å². The number of aromatic nitrogens is 2. The molecule has 116 valence electrons. The molecule has 0 aliphatic heterocycles. The molecule has 2 unspecified atom stereocenters. The number of hydrogen-bond donors (Lipinski definition) is 2. The molecule has 21 heavy (non-hydrogen) atoms. The zero-order valence-corrected chi connectivity index (χ0v) is 13.7. The van der Waals surface area contributed by atoms with Crippen LogP contribution in [0.5, 0.6) is 0 Å². The van der Waals surface area contributed by atoms with E-state index in [1.807, 2.05) is 24.8 Å². The van der Waals surface area contributed by atoms with Crippen molar-refractivity contribution in [2.45, 2.75) is 58.4 Å². The summed E-state index contributed by atoms with van der Waals surface area (Å²) in [5.41, 5.74) is 2.75. The number of carbonyl (C=O) groups excluding carboxylic acids is 1. The minimum absolute atomic E-state index is 0.145. The van der Waals surface area contributed by atoms with Crippen LogP contribution in [-0.2, 0) is 11.2 Å². The highest BCUT2D eigenvalue weighted by Crippen LogP contribution is 2.23. The van der Waals surface area contributed by atoms with E-state index >= 15 is 0 Å². The Bertz CT molecular complexity index is 485. The summed E-state index contributed by atoms with van der Waals surface area (Å²) < 4.78 is 0. The highest BCUT2D eigenvalue weighted by Gasteiger charge is 2.20. The second-order valence-corrected chi connectivity index (χ2v) is 7.04. The lowest BCUT2D eigenvalue weighted by Crippen LogP contribution is -2.38. The fourth-order valence-corrected chi connectivity index (χ4v) is 3.24. The van der Waals surface area contributed by atoms with Crippen molar-refractivity contribution in [3.63, 3.8) is 0 Å². The Morgan fingerprint density at radius 1 is 1.48 bits per heavy atom. The van der Waals surface area contributed by atoms with Gasteiger partial charge in [0.2, 0.25) is 5.91 Å². The number of nitrogens with zero attached hydrogens (tertiary/aromatic N) is 1. The van der Waals surface area contributed by atoms with Crippen LogP contribution in [0.3, 0.4) is 0 Å². The van der Waals surface area contributed by atoms with Crippen LogP contribution < -0.4 is 5.32 Å². The Labute approximate surface area is 130 Å². The van der Waals surface area contributed by atoms with Crippen molar-refractivity contribution in [3.05, 3.63) is 28.5 Å². The first-order valence-electron chi connectivity index (χ1n) is 7.74. The van der Waals surface area contributed by atoms with Gasteiger partial charge in [-0.3, -0.25) is 4.79 Å². The Hall–Kier alpha value is -1.36. The highest BCUT2D eigenvalue weighted by molar-refractivity contribution is 7.09. The average molecular weight is 307 g/mol. The van der Waals surface area contributed by atoms with Crippen LogP contribution in [0.15, 0.2) is 17.9 Å². The first-order valence-corrected chi connectivity index (χ1v) is 8.62. The second-order valence-electron chi connectivity index (χ2n) is 5.95. The molecular weight excluding hydrogens is 282 g/mol. The molecule has 2 rings (SSSR count). The number of rotatable bonds is 4. The maximum Gasteiger partial charge on any atom is 0.220 e. The van der Waals surface area contributed by atoms with Crippen molar-refractivity contribution in [1.29, 1.82) is 0 Å². The normalized spacial score (nSPS) is 21.6. The van der Waals surface area contributed by atoms with Crippen molar-refractivity contribution >= 4 is 17.2 Å². The number of aromatic amines is 1. The molecule has 1 aromatic rings. The van der Waals surface area contributed by atoms with Gasteiger partial charge in [-0.15, -0.1) is 11.3 Å². The molecule has 4 nitrogen and oxygen atoms in total. The SMILES string of the molecule is Cc1c[nH]cc(CCC(=O)NC2CCCC(C)C2)ncs1. The Morgan fingerprint density at radius 3 is 3.14 bits per heavy atom. The molecule has 0 saturated heterocycles. The predicted octanol–water partition coefficient (Wildman–Crippen LogP) is 3.53. The van der Waals surface area contributed by atoms with Crippen molar-refractivity contribution < 1.29 is 4.79 Å². The third-order valence-electron chi connectivity index (χ3n) is 3.90. The van der Waals surface area contributed by atoms with E-state index in [2.05, 4.69) is 22.2 Å². The zero-order valence-electron chi connectivity index (χ0n) is 12.9. The lowest BCUT2D eigenvalue weighted by molar-refractivity contribution is -0.122. The van der Waals surface area contributed by atoms with Gasteiger partial charge in [0.05, 0.1) is 11.2 Å². The molecule has 0 spiro atoms. The molecule has 0 aromatic carbocycles. The number of H-pyrrole nitrogens is 1. The molecular formula is C16H25N3OS. The maximum absolute atomic E-state index is 12.0. The summed E-state index contributed by atoms with van der Waals surface area (Å²) in [7, 11) is 0. The van der Waals surface area contributed by atoms with E-state index in [1.165, 1.54) is 17.7 Å². The highest BCUT2D eigenvalue weighted by atomic mass is 32.1. The van der Waals surface area contributed by atoms with Crippen molar-refractivity contribution in [2.75, 3.05) is 0 Å². The van der Waals surface area contributed by atoms with Gasteiger partial charge in [0.1, 0.15) is 0 Å². The van der Waals surface area contributed by atoms with Crippen LogP contribution in [0.1, 0.15) is 49.6 Å². The van der Waals surface area contributed by atoms with E-state index in [1.54, 1.807) is 11.3 Å². The van der Waals surface area contributed by atoms with Crippen molar-refractivity contribution in [2.24, 2.45) is 5.92 Å². The molecule has 1 aliphatic rings. The molecule has 1 aliphatic carbocycles. The monoisotopic (exact) mass is 307 g/mol. The molecule has 1 saturated carbocycles. The summed E-state index contributed by atoms with van der Waals surface area (Å²) in [5.74, 6) is 0.879. The summed E-state index contributed by atoms with van der Waals surface area (Å²) in [6.07, 6.45) is 9.76. The van der Waals surface area contributed by atoms with E-state index in [-0.39, 0.29) is 5.91 Å². The van der Waals surface area contributed by atoms with E-state index in [9.17, 15) is 4.79 Å². The van der Waals surface area contributed by atoms with Gasteiger partial charge >= 0.3 is 0 Å². The standard InChI is InChI=1S/C16H25N3OS/c1-12-4-3-5-14(8-12)19-16(20)7-6-15-10-17-9-13(2)21-11-18-15/h9-12,14,17H,3-8H2,1-2H3,(H,19,20). The fraction of sp³-hybridized carbons (Fsp3) is 0.625. The van der Waals surface area contributed by atoms with Gasteiger partial charge in [0.25, 0.3) is 0 Å². The van der Waals surface area contributed by atoms with Gasteiger partial charge in [-0.1, -0.05) is 19.8 Å². The molecule has 1 fully saturated rings. The molecule has 2 N–H and O–H groups in total. The number of aryl methyl sites for hydroxylation is 2. The minimum Gasteiger partial charge on any atom is -0.365 e. The molecule has 2 atom stereocenters. The first-order chi connectivity index (χ1) is 10.1.